The second-order valence-electron chi connectivity index (χ2n) is 3.39. The van der Waals surface area contributed by atoms with Crippen molar-refractivity contribution < 1.29 is 13.2 Å². The molecule has 0 aromatic carbocycles. The van der Waals surface area contributed by atoms with E-state index in [1.165, 1.54) is 16.7 Å². The van der Waals surface area contributed by atoms with Gasteiger partial charge in [-0.05, 0) is 19.1 Å². The van der Waals surface area contributed by atoms with Gasteiger partial charge in [0.25, 0.3) is 0 Å². The number of hydrogen-bond acceptors (Lipinski definition) is 1. The maximum atomic E-state index is 12.7. The highest BCUT2D eigenvalue weighted by atomic mass is 35.5. The molecule has 16 heavy (non-hydrogen) atoms. The minimum absolute atomic E-state index is 0.0943. The van der Waals surface area contributed by atoms with Crippen molar-refractivity contribution in [3.63, 3.8) is 0 Å². The first kappa shape index (κ1) is 11.3. The molecular formula is C10H8ClF3N2. The average molecular weight is 249 g/mol. The maximum Gasteiger partial charge on any atom is 0.419 e. The Hall–Kier alpha value is -1.23. The molecule has 0 amide bonds. The Morgan fingerprint density at radius 2 is 2.12 bits per heavy atom. The number of nitrogens with zero attached hydrogens (tertiary/aromatic N) is 2. The van der Waals surface area contributed by atoms with E-state index in [9.17, 15) is 13.2 Å². The quantitative estimate of drug-likeness (QED) is 0.707. The highest BCUT2D eigenvalue weighted by Gasteiger charge is 2.34. The van der Waals surface area contributed by atoms with Gasteiger partial charge in [0.05, 0.1) is 22.8 Å². The standard InChI is InChI=1S/C10H8ClF3N2/c1-6-8(5-11)16-4-2-3-7(9(16)15-6)10(12,13)14/h2-4H,5H2,1H3. The van der Waals surface area contributed by atoms with Crippen molar-refractivity contribution in [2.24, 2.45) is 0 Å². The number of pyridine rings is 1. The van der Waals surface area contributed by atoms with Crippen molar-refractivity contribution in [1.82, 2.24) is 9.38 Å². The number of aromatic nitrogens is 2. The van der Waals surface area contributed by atoms with Gasteiger partial charge in [-0.2, -0.15) is 13.2 Å². The van der Waals surface area contributed by atoms with E-state index in [0.717, 1.165) is 6.07 Å². The average Bonchev–Trinajstić information content (AvgIpc) is 2.50. The van der Waals surface area contributed by atoms with Gasteiger partial charge in [0.15, 0.2) is 0 Å². The molecule has 0 fully saturated rings. The Morgan fingerprint density at radius 3 is 2.69 bits per heavy atom. The van der Waals surface area contributed by atoms with Crippen LogP contribution in [0.15, 0.2) is 18.3 Å². The van der Waals surface area contributed by atoms with Crippen LogP contribution in [0, 0.1) is 6.92 Å². The first-order valence-corrected chi connectivity index (χ1v) is 5.08. The van der Waals surface area contributed by atoms with Crippen LogP contribution < -0.4 is 0 Å². The number of rotatable bonds is 1. The van der Waals surface area contributed by atoms with Crippen molar-refractivity contribution >= 4 is 17.2 Å². The van der Waals surface area contributed by atoms with Gasteiger partial charge in [0.2, 0.25) is 0 Å². The second kappa shape index (κ2) is 3.66. The lowest BCUT2D eigenvalue weighted by molar-refractivity contribution is -0.136. The molecule has 2 aromatic heterocycles. The van der Waals surface area contributed by atoms with Crippen LogP contribution >= 0.6 is 11.6 Å². The second-order valence-corrected chi connectivity index (χ2v) is 3.66. The molecule has 0 bridgehead atoms. The third-order valence-electron chi connectivity index (χ3n) is 2.38. The Bertz CT molecular complexity index is 531. The van der Waals surface area contributed by atoms with Gasteiger partial charge in [0, 0.05) is 6.20 Å². The van der Waals surface area contributed by atoms with Crippen LogP contribution in [0.3, 0.4) is 0 Å². The van der Waals surface area contributed by atoms with Gasteiger partial charge < -0.3 is 4.40 Å². The molecule has 0 unspecified atom stereocenters. The fraction of sp³-hybridized carbons (Fsp3) is 0.300. The molecule has 0 aliphatic carbocycles. The van der Waals surface area contributed by atoms with Crippen LogP contribution in [0.1, 0.15) is 17.0 Å². The summed E-state index contributed by atoms with van der Waals surface area (Å²) in [5.41, 5.74) is 0.270. The summed E-state index contributed by atoms with van der Waals surface area (Å²) in [6, 6.07) is 2.35. The summed E-state index contributed by atoms with van der Waals surface area (Å²) in [5.74, 6) is 0.133. The molecule has 2 nitrogen and oxygen atoms in total. The van der Waals surface area contributed by atoms with Gasteiger partial charge in [-0.3, -0.25) is 0 Å². The highest BCUT2D eigenvalue weighted by Crippen LogP contribution is 2.32. The summed E-state index contributed by atoms with van der Waals surface area (Å²) in [5, 5.41) is 0. The summed E-state index contributed by atoms with van der Waals surface area (Å²) >= 11 is 5.68. The number of alkyl halides is 4. The number of hydrogen-bond donors (Lipinski definition) is 0. The van der Waals surface area contributed by atoms with Crippen LogP contribution in [0.2, 0.25) is 0 Å². The fourth-order valence-electron chi connectivity index (χ4n) is 1.61. The smallest absolute Gasteiger partial charge is 0.302 e. The van der Waals surface area contributed by atoms with E-state index >= 15 is 0 Å². The van der Waals surface area contributed by atoms with Crippen molar-refractivity contribution in [1.29, 1.82) is 0 Å². The molecule has 2 aromatic rings. The van der Waals surface area contributed by atoms with E-state index in [4.69, 9.17) is 11.6 Å². The Balaban J connectivity index is 2.80. The molecule has 0 radical (unpaired) electrons. The molecule has 0 N–H and O–H groups in total. The third kappa shape index (κ3) is 1.65. The Kier molecular flexibility index (Phi) is 2.58. The third-order valence-corrected chi connectivity index (χ3v) is 2.63. The minimum atomic E-state index is -4.40. The summed E-state index contributed by atoms with van der Waals surface area (Å²) in [6.45, 7) is 1.64. The molecule has 0 aliphatic rings. The van der Waals surface area contributed by atoms with Crippen molar-refractivity contribution in [2.45, 2.75) is 19.0 Å². The van der Waals surface area contributed by atoms with Crippen LogP contribution in [0.4, 0.5) is 13.2 Å². The van der Waals surface area contributed by atoms with Gasteiger partial charge in [-0.25, -0.2) is 4.98 Å². The van der Waals surface area contributed by atoms with Crippen LogP contribution in [0.25, 0.3) is 5.65 Å². The molecule has 0 aliphatic heterocycles. The summed E-state index contributed by atoms with van der Waals surface area (Å²) < 4.78 is 39.4. The zero-order chi connectivity index (χ0) is 11.9. The first-order chi connectivity index (χ1) is 7.45. The molecule has 2 rings (SSSR count). The highest BCUT2D eigenvalue weighted by molar-refractivity contribution is 6.17. The van der Waals surface area contributed by atoms with Crippen molar-refractivity contribution in [2.75, 3.05) is 0 Å². The molecule has 0 atom stereocenters. The number of fused-ring (bicyclic) bond motifs is 1. The lowest BCUT2D eigenvalue weighted by Crippen LogP contribution is -2.07. The molecule has 2 heterocycles. The zero-order valence-corrected chi connectivity index (χ0v) is 9.10. The van der Waals surface area contributed by atoms with E-state index in [-0.39, 0.29) is 11.5 Å². The van der Waals surface area contributed by atoms with E-state index in [2.05, 4.69) is 4.98 Å². The summed E-state index contributed by atoms with van der Waals surface area (Å²) in [6.07, 6.45) is -2.87. The predicted molar refractivity (Wildman–Crippen MR) is 54.5 cm³/mol. The van der Waals surface area contributed by atoms with Crippen molar-refractivity contribution in [3.8, 4) is 0 Å². The molecule has 0 saturated heterocycles. The van der Waals surface area contributed by atoms with E-state index < -0.39 is 11.7 Å². The Morgan fingerprint density at radius 1 is 1.44 bits per heavy atom. The number of halogens is 4. The minimum Gasteiger partial charge on any atom is -0.302 e. The Labute approximate surface area is 94.7 Å². The molecule has 86 valence electrons. The number of aryl methyl sites for hydroxylation is 1. The SMILES string of the molecule is Cc1nc2c(C(F)(F)F)cccn2c1CCl. The molecule has 0 spiro atoms. The normalized spacial score (nSPS) is 12.3. The summed E-state index contributed by atoms with van der Waals surface area (Å²) in [4.78, 5) is 3.91. The number of imidazole rings is 1. The monoisotopic (exact) mass is 248 g/mol. The van der Waals surface area contributed by atoms with Crippen LogP contribution in [0.5, 0.6) is 0 Å². The van der Waals surface area contributed by atoms with Crippen molar-refractivity contribution in [3.05, 3.63) is 35.3 Å². The van der Waals surface area contributed by atoms with Crippen LogP contribution in [-0.2, 0) is 12.1 Å². The van der Waals surface area contributed by atoms with E-state index in [1.54, 1.807) is 6.92 Å². The van der Waals surface area contributed by atoms with Gasteiger partial charge >= 0.3 is 6.18 Å². The molecule has 0 saturated carbocycles. The lowest BCUT2D eigenvalue weighted by atomic mass is 10.2. The zero-order valence-electron chi connectivity index (χ0n) is 8.35. The van der Waals surface area contributed by atoms with E-state index in [1.807, 2.05) is 0 Å². The largest absolute Gasteiger partial charge is 0.419 e. The van der Waals surface area contributed by atoms with Crippen LogP contribution in [-0.4, -0.2) is 9.38 Å². The predicted octanol–water partition coefficient (Wildman–Crippen LogP) is 3.40. The van der Waals surface area contributed by atoms with Gasteiger partial charge in [-0.15, -0.1) is 11.6 Å². The molecule has 6 heteroatoms. The summed E-state index contributed by atoms with van der Waals surface area (Å²) in [7, 11) is 0. The first-order valence-electron chi connectivity index (χ1n) is 4.55. The van der Waals surface area contributed by atoms with E-state index in [0.29, 0.717) is 11.4 Å². The van der Waals surface area contributed by atoms with Gasteiger partial charge in [-0.1, -0.05) is 0 Å². The molecular weight excluding hydrogens is 241 g/mol. The van der Waals surface area contributed by atoms with Gasteiger partial charge in [0.1, 0.15) is 5.65 Å². The maximum absolute atomic E-state index is 12.7. The lowest BCUT2D eigenvalue weighted by Gasteiger charge is -2.07. The fourth-order valence-corrected chi connectivity index (χ4v) is 1.93. The topological polar surface area (TPSA) is 17.3 Å².